The topological polar surface area (TPSA) is 30.5 Å². The van der Waals surface area contributed by atoms with Gasteiger partial charge < -0.3 is 14.8 Å². The summed E-state index contributed by atoms with van der Waals surface area (Å²) in [7, 11) is 0. The molecular weight excluding hydrogens is 214 g/mol. The van der Waals surface area contributed by atoms with Crippen LogP contribution in [0.25, 0.3) is 0 Å². The van der Waals surface area contributed by atoms with Crippen molar-refractivity contribution in [2.24, 2.45) is 5.92 Å². The fourth-order valence-corrected chi connectivity index (χ4v) is 1.84. The van der Waals surface area contributed by atoms with Crippen LogP contribution in [0.2, 0.25) is 0 Å². The average molecular weight is 235 g/mol. The number of morpholine rings is 1. The summed E-state index contributed by atoms with van der Waals surface area (Å²) in [6, 6.07) is 8.62. The Kier molecular flexibility index (Phi) is 4.40. The molecule has 1 saturated heterocycles. The first-order chi connectivity index (χ1) is 8.25. The van der Waals surface area contributed by atoms with E-state index in [2.05, 4.69) is 31.3 Å². The van der Waals surface area contributed by atoms with Crippen molar-refractivity contribution < 1.29 is 9.47 Å². The highest BCUT2D eigenvalue weighted by Gasteiger charge is 2.14. The Bertz CT molecular complexity index is 329. The minimum absolute atomic E-state index is 0.322. The Labute approximate surface area is 103 Å². The molecule has 0 radical (unpaired) electrons. The molecule has 1 unspecified atom stereocenters. The summed E-state index contributed by atoms with van der Waals surface area (Å²) < 4.78 is 11.1. The van der Waals surface area contributed by atoms with Crippen molar-refractivity contribution in [1.29, 1.82) is 0 Å². The van der Waals surface area contributed by atoms with E-state index in [9.17, 15) is 0 Å². The van der Waals surface area contributed by atoms with Gasteiger partial charge in [-0.05, 0) is 23.6 Å². The molecule has 1 heterocycles. The van der Waals surface area contributed by atoms with Crippen molar-refractivity contribution in [1.82, 2.24) is 5.32 Å². The normalized spacial score (nSPS) is 20.5. The van der Waals surface area contributed by atoms with Gasteiger partial charge in [0.05, 0.1) is 25.9 Å². The second-order valence-corrected chi connectivity index (χ2v) is 4.86. The molecule has 1 aliphatic rings. The van der Waals surface area contributed by atoms with Crippen LogP contribution in [0.4, 0.5) is 0 Å². The first-order valence-electron chi connectivity index (χ1n) is 6.29. The summed E-state index contributed by atoms with van der Waals surface area (Å²) in [5, 5.41) is 3.44. The molecule has 1 atom stereocenters. The van der Waals surface area contributed by atoms with E-state index < -0.39 is 0 Å². The van der Waals surface area contributed by atoms with Crippen molar-refractivity contribution in [3.8, 4) is 5.75 Å². The summed E-state index contributed by atoms with van der Waals surface area (Å²) in [6.07, 6.45) is 0. The van der Waals surface area contributed by atoms with Gasteiger partial charge in [0.25, 0.3) is 0 Å². The lowest BCUT2D eigenvalue weighted by atomic mass is 10.1. The second-order valence-electron chi connectivity index (χ2n) is 4.86. The van der Waals surface area contributed by atoms with E-state index in [0.29, 0.717) is 12.0 Å². The van der Waals surface area contributed by atoms with Crippen molar-refractivity contribution >= 4 is 0 Å². The maximum absolute atomic E-state index is 5.66. The predicted octanol–water partition coefficient (Wildman–Crippen LogP) is 2.38. The van der Waals surface area contributed by atoms with Gasteiger partial charge in [0.1, 0.15) is 5.75 Å². The Balaban J connectivity index is 1.92. The molecule has 1 N–H and O–H groups in total. The van der Waals surface area contributed by atoms with Gasteiger partial charge in [-0.2, -0.15) is 0 Å². The molecule has 0 saturated carbocycles. The van der Waals surface area contributed by atoms with Gasteiger partial charge in [0.2, 0.25) is 0 Å². The monoisotopic (exact) mass is 235 g/mol. The maximum atomic E-state index is 5.66. The van der Waals surface area contributed by atoms with E-state index in [1.165, 1.54) is 5.56 Å². The number of nitrogens with one attached hydrogen (secondary N) is 1. The number of ether oxygens (including phenoxy) is 2. The highest BCUT2D eigenvalue weighted by atomic mass is 16.5. The van der Waals surface area contributed by atoms with E-state index in [-0.39, 0.29) is 0 Å². The smallest absolute Gasteiger partial charge is 0.119 e. The Morgan fingerprint density at radius 2 is 2.12 bits per heavy atom. The summed E-state index contributed by atoms with van der Waals surface area (Å²) in [4.78, 5) is 0. The number of hydrogen-bond donors (Lipinski definition) is 1. The molecule has 0 spiro atoms. The first kappa shape index (κ1) is 12.4. The van der Waals surface area contributed by atoms with Gasteiger partial charge in [0, 0.05) is 6.54 Å². The molecule has 1 aromatic rings. The lowest BCUT2D eigenvalue weighted by Crippen LogP contribution is -2.34. The van der Waals surface area contributed by atoms with Crippen LogP contribution in [-0.2, 0) is 4.74 Å². The Hall–Kier alpha value is -1.06. The van der Waals surface area contributed by atoms with Crippen molar-refractivity contribution in [3.63, 3.8) is 0 Å². The van der Waals surface area contributed by atoms with Crippen LogP contribution in [0.1, 0.15) is 25.5 Å². The molecule has 0 aliphatic carbocycles. The molecule has 0 amide bonds. The van der Waals surface area contributed by atoms with Gasteiger partial charge in [-0.15, -0.1) is 0 Å². The van der Waals surface area contributed by atoms with Crippen LogP contribution in [0, 0.1) is 5.92 Å². The van der Waals surface area contributed by atoms with Crippen molar-refractivity contribution in [3.05, 3.63) is 29.8 Å². The summed E-state index contributed by atoms with van der Waals surface area (Å²) in [6.45, 7) is 7.56. The second kappa shape index (κ2) is 6.03. The zero-order valence-corrected chi connectivity index (χ0v) is 10.6. The maximum Gasteiger partial charge on any atom is 0.119 e. The highest BCUT2D eigenvalue weighted by molar-refractivity contribution is 5.29. The van der Waals surface area contributed by atoms with Crippen molar-refractivity contribution in [2.75, 3.05) is 26.4 Å². The molecule has 2 rings (SSSR count). The molecule has 3 heteroatoms. The largest absolute Gasteiger partial charge is 0.493 e. The minimum atomic E-state index is 0.322. The third kappa shape index (κ3) is 3.72. The molecule has 0 aromatic heterocycles. The van der Waals surface area contributed by atoms with Crippen LogP contribution >= 0.6 is 0 Å². The van der Waals surface area contributed by atoms with E-state index in [4.69, 9.17) is 9.47 Å². The summed E-state index contributed by atoms with van der Waals surface area (Å²) in [5.41, 5.74) is 1.27. The molecule has 17 heavy (non-hydrogen) atoms. The lowest BCUT2D eigenvalue weighted by Gasteiger charge is -2.24. The summed E-state index contributed by atoms with van der Waals surface area (Å²) in [5.74, 6) is 1.50. The van der Waals surface area contributed by atoms with E-state index >= 15 is 0 Å². The molecular formula is C14H21NO2. The molecule has 3 nitrogen and oxygen atoms in total. The molecule has 1 fully saturated rings. The third-order valence-electron chi connectivity index (χ3n) is 2.79. The fraction of sp³-hybridized carbons (Fsp3) is 0.571. The molecule has 1 aromatic carbocycles. The van der Waals surface area contributed by atoms with Crippen LogP contribution < -0.4 is 10.1 Å². The average Bonchev–Trinajstić information content (AvgIpc) is 2.38. The zero-order valence-electron chi connectivity index (χ0n) is 10.6. The van der Waals surface area contributed by atoms with Gasteiger partial charge >= 0.3 is 0 Å². The van der Waals surface area contributed by atoms with E-state index in [0.717, 1.165) is 32.1 Å². The predicted molar refractivity (Wildman–Crippen MR) is 68.3 cm³/mol. The highest BCUT2D eigenvalue weighted by Crippen LogP contribution is 2.19. The quantitative estimate of drug-likeness (QED) is 0.869. The SMILES string of the molecule is CC(C)COc1ccc(C2COCCN2)cc1. The summed E-state index contributed by atoms with van der Waals surface area (Å²) >= 11 is 0. The number of rotatable bonds is 4. The zero-order chi connectivity index (χ0) is 12.1. The lowest BCUT2D eigenvalue weighted by molar-refractivity contribution is 0.0768. The van der Waals surface area contributed by atoms with Gasteiger partial charge in [0.15, 0.2) is 0 Å². The molecule has 1 aliphatic heterocycles. The van der Waals surface area contributed by atoms with Crippen LogP contribution in [-0.4, -0.2) is 26.4 Å². The van der Waals surface area contributed by atoms with E-state index in [1.54, 1.807) is 0 Å². The number of hydrogen-bond acceptors (Lipinski definition) is 3. The Morgan fingerprint density at radius 3 is 2.71 bits per heavy atom. The first-order valence-corrected chi connectivity index (χ1v) is 6.29. The standard InChI is InChI=1S/C14H21NO2/c1-11(2)9-17-13-5-3-12(4-6-13)14-10-16-8-7-15-14/h3-6,11,14-15H,7-10H2,1-2H3. The molecule has 0 bridgehead atoms. The minimum Gasteiger partial charge on any atom is -0.493 e. The van der Waals surface area contributed by atoms with Gasteiger partial charge in [-0.1, -0.05) is 26.0 Å². The fourth-order valence-electron chi connectivity index (χ4n) is 1.84. The van der Waals surface area contributed by atoms with Crippen LogP contribution in [0.15, 0.2) is 24.3 Å². The van der Waals surface area contributed by atoms with E-state index in [1.807, 2.05) is 12.1 Å². The van der Waals surface area contributed by atoms with Gasteiger partial charge in [-0.3, -0.25) is 0 Å². The van der Waals surface area contributed by atoms with Gasteiger partial charge in [-0.25, -0.2) is 0 Å². The van der Waals surface area contributed by atoms with Crippen LogP contribution in [0.3, 0.4) is 0 Å². The molecule has 94 valence electrons. The Morgan fingerprint density at radius 1 is 1.35 bits per heavy atom. The van der Waals surface area contributed by atoms with Crippen LogP contribution in [0.5, 0.6) is 5.75 Å². The number of benzene rings is 1. The van der Waals surface area contributed by atoms with Crippen molar-refractivity contribution in [2.45, 2.75) is 19.9 Å². The third-order valence-corrected chi connectivity index (χ3v) is 2.79.